The van der Waals surface area contributed by atoms with E-state index in [1.165, 1.54) is 19.3 Å². The average molecular weight is 317 g/mol. The van der Waals surface area contributed by atoms with E-state index in [0.717, 1.165) is 19.3 Å². The average Bonchev–Trinajstić information content (AvgIpc) is 2.90. The Hall–Kier alpha value is -2.08. The van der Waals surface area contributed by atoms with Crippen LogP contribution in [0.1, 0.15) is 48.9 Å². The van der Waals surface area contributed by atoms with Gasteiger partial charge in [-0.2, -0.15) is 0 Å². The van der Waals surface area contributed by atoms with E-state index in [1.807, 2.05) is 0 Å². The van der Waals surface area contributed by atoms with Crippen LogP contribution in [0.15, 0.2) is 24.3 Å². The third-order valence-corrected chi connectivity index (χ3v) is 4.71. The minimum atomic E-state index is -0.516. The molecule has 1 saturated carbocycles. The normalized spacial score (nSPS) is 22.7. The van der Waals surface area contributed by atoms with Crippen molar-refractivity contribution in [3.8, 4) is 0 Å². The molecule has 0 bridgehead atoms. The Kier molecular flexibility index (Phi) is 4.52. The summed E-state index contributed by atoms with van der Waals surface area (Å²) in [5.41, 5.74) is 6.13. The second kappa shape index (κ2) is 6.58. The number of hydrogen-bond acceptors (Lipinski definition) is 3. The summed E-state index contributed by atoms with van der Waals surface area (Å²) in [7, 11) is 0. The van der Waals surface area contributed by atoms with Crippen LogP contribution in [0, 0.1) is 0 Å². The number of ether oxygens (including phenoxy) is 1. The zero-order valence-corrected chi connectivity index (χ0v) is 13.1. The van der Waals surface area contributed by atoms with E-state index in [1.54, 1.807) is 24.3 Å². The number of rotatable bonds is 3. The Labute approximate surface area is 135 Å². The Morgan fingerprint density at radius 3 is 2.74 bits per heavy atom. The number of amides is 3. The molecular weight excluding hydrogens is 294 g/mol. The lowest BCUT2D eigenvalue weighted by atomic mass is 9.82. The first-order valence-corrected chi connectivity index (χ1v) is 8.18. The molecule has 3 amide bonds. The van der Waals surface area contributed by atoms with Gasteiger partial charge >= 0.3 is 6.03 Å². The van der Waals surface area contributed by atoms with Crippen molar-refractivity contribution in [1.29, 1.82) is 0 Å². The summed E-state index contributed by atoms with van der Waals surface area (Å²) in [5, 5.41) is 5.70. The number of hydrogen-bond donors (Lipinski definition) is 3. The second-order valence-corrected chi connectivity index (χ2v) is 6.50. The maximum Gasteiger partial charge on any atom is 0.319 e. The van der Waals surface area contributed by atoms with Gasteiger partial charge in [0.1, 0.15) is 0 Å². The van der Waals surface area contributed by atoms with Gasteiger partial charge in [0.15, 0.2) is 0 Å². The largest absolute Gasteiger partial charge is 0.373 e. The van der Waals surface area contributed by atoms with Gasteiger partial charge in [-0.3, -0.25) is 4.79 Å². The summed E-state index contributed by atoms with van der Waals surface area (Å²) in [6.45, 7) is 0.564. The van der Waals surface area contributed by atoms with Crippen LogP contribution in [0.2, 0.25) is 0 Å². The number of nitrogens with one attached hydrogen (secondary N) is 2. The number of primary amides is 1. The molecule has 2 fully saturated rings. The first kappa shape index (κ1) is 15.8. The van der Waals surface area contributed by atoms with Crippen molar-refractivity contribution >= 4 is 17.6 Å². The molecule has 1 aliphatic heterocycles. The van der Waals surface area contributed by atoms with Gasteiger partial charge in [0.25, 0.3) is 0 Å². The minimum absolute atomic E-state index is 0.0257. The molecule has 0 radical (unpaired) electrons. The van der Waals surface area contributed by atoms with Crippen LogP contribution in [-0.2, 0) is 4.74 Å². The number of urea groups is 1. The molecule has 124 valence electrons. The third kappa shape index (κ3) is 3.82. The van der Waals surface area contributed by atoms with E-state index in [9.17, 15) is 9.59 Å². The second-order valence-electron chi connectivity index (χ2n) is 6.50. The zero-order valence-electron chi connectivity index (χ0n) is 13.1. The SMILES string of the molecule is NC(=O)c1cccc(NC(=O)N[C@@H]2COC3(CCCCC3)C2)c1. The fourth-order valence-electron chi connectivity index (χ4n) is 3.58. The maximum atomic E-state index is 12.1. The Bertz CT molecular complexity index is 597. The van der Waals surface area contributed by atoms with Gasteiger partial charge in [0.05, 0.1) is 18.2 Å². The topological polar surface area (TPSA) is 93.5 Å². The highest BCUT2D eigenvalue weighted by Gasteiger charge is 2.41. The number of benzene rings is 1. The van der Waals surface area contributed by atoms with Crippen molar-refractivity contribution in [1.82, 2.24) is 5.32 Å². The summed E-state index contributed by atoms with van der Waals surface area (Å²) < 4.78 is 5.99. The zero-order chi connectivity index (χ0) is 16.3. The van der Waals surface area contributed by atoms with Crippen LogP contribution < -0.4 is 16.4 Å². The van der Waals surface area contributed by atoms with Gasteiger partial charge in [-0.25, -0.2) is 4.79 Å². The third-order valence-electron chi connectivity index (χ3n) is 4.71. The van der Waals surface area contributed by atoms with Crippen LogP contribution in [-0.4, -0.2) is 30.2 Å². The van der Waals surface area contributed by atoms with Gasteiger partial charge in [0, 0.05) is 11.3 Å². The molecule has 1 aliphatic carbocycles. The van der Waals surface area contributed by atoms with Crippen molar-refractivity contribution in [2.45, 2.75) is 50.2 Å². The summed E-state index contributed by atoms with van der Waals surface area (Å²) in [6, 6.07) is 6.34. The fourth-order valence-corrected chi connectivity index (χ4v) is 3.58. The van der Waals surface area contributed by atoms with E-state index in [2.05, 4.69) is 10.6 Å². The van der Waals surface area contributed by atoms with Crippen LogP contribution in [0.3, 0.4) is 0 Å². The molecule has 3 rings (SSSR count). The highest BCUT2D eigenvalue weighted by Crippen LogP contribution is 2.39. The first-order valence-electron chi connectivity index (χ1n) is 8.18. The molecule has 23 heavy (non-hydrogen) atoms. The standard InChI is InChI=1S/C17H23N3O3/c18-15(21)12-5-4-6-13(9-12)19-16(22)20-14-10-17(23-11-14)7-2-1-3-8-17/h4-6,9,14H,1-3,7-8,10-11H2,(H2,18,21)(H2,19,20,22)/t14-/m0/s1. The molecular formula is C17H23N3O3. The minimum Gasteiger partial charge on any atom is -0.373 e. The number of nitrogens with two attached hydrogens (primary N) is 1. The molecule has 2 aliphatic rings. The van der Waals surface area contributed by atoms with Crippen LogP contribution >= 0.6 is 0 Å². The number of carbonyl (C=O) groups is 2. The predicted octanol–water partition coefficient (Wildman–Crippen LogP) is 2.40. The summed E-state index contributed by atoms with van der Waals surface area (Å²) >= 11 is 0. The molecule has 1 spiro atoms. The molecule has 1 heterocycles. The number of carbonyl (C=O) groups excluding carboxylic acids is 2. The molecule has 0 aromatic heterocycles. The molecule has 1 atom stereocenters. The highest BCUT2D eigenvalue weighted by molar-refractivity contribution is 5.95. The highest BCUT2D eigenvalue weighted by atomic mass is 16.5. The van der Waals surface area contributed by atoms with Crippen LogP contribution in [0.5, 0.6) is 0 Å². The molecule has 1 aromatic rings. The lowest BCUT2D eigenvalue weighted by Gasteiger charge is -2.32. The van der Waals surface area contributed by atoms with E-state index in [0.29, 0.717) is 17.9 Å². The van der Waals surface area contributed by atoms with Gasteiger partial charge in [0.2, 0.25) is 5.91 Å². The molecule has 1 saturated heterocycles. The number of anilines is 1. The van der Waals surface area contributed by atoms with Crippen LogP contribution in [0.4, 0.5) is 10.5 Å². The van der Waals surface area contributed by atoms with E-state index < -0.39 is 5.91 Å². The van der Waals surface area contributed by atoms with Gasteiger partial charge < -0.3 is 21.1 Å². The summed E-state index contributed by atoms with van der Waals surface area (Å²) in [4.78, 5) is 23.3. The monoisotopic (exact) mass is 317 g/mol. The molecule has 1 aromatic carbocycles. The summed E-state index contributed by atoms with van der Waals surface area (Å²) in [6.07, 6.45) is 6.75. The van der Waals surface area contributed by atoms with Crippen molar-refractivity contribution in [2.24, 2.45) is 5.73 Å². The molecule has 4 N–H and O–H groups in total. The van der Waals surface area contributed by atoms with Gasteiger partial charge in [-0.05, 0) is 37.5 Å². The maximum absolute atomic E-state index is 12.1. The molecule has 6 heteroatoms. The Morgan fingerprint density at radius 1 is 1.22 bits per heavy atom. The van der Waals surface area contributed by atoms with E-state index in [4.69, 9.17) is 10.5 Å². The summed E-state index contributed by atoms with van der Waals surface area (Å²) in [5.74, 6) is -0.516. The quantitative estimate of drug-likeness (QED) is 0.799. The molecule has 0 unspecified atom stereocenters. The van der Waals surface area contributed by atoms with E-state index >= 15 is 0 Å². The van der Waals surface area contributed by atoms with Crippen molar-refractivity contribution in [3.05, 3.63) is 29.8 Å². The van der Waals surface area contributed by atoms with Gasteiger partial charge in [-0.1, -0.05) is 25.3 Å². The van der Waals surface area contributed by atoms with E-state index in [-0.39, 0.29) is 17.7 Å². The Balaban J connectivity index is 1.54. The first-order chi connectivity index (χ1) is 11.1. The fraction of sp³-hybridized carbons (Fsp3) is 0.529. The predicted molar refractivity (Wildman–Crippen MR) is 87.3 cm³/mol. The van der Waals surface area contributed by atoms with Gasteiger partial charge in [-0.15, -0.1) is 0 Å². The smallest absolute Gasteiger partial charge is 0.319 e. The Morgan fingerprint density at radius 2 is 2.00 bits per heavy atom. The van der Waals surface area contributed by atoms with Crippen molar-refractivity contribution in [3.63, 3.8) is 0 Å². The van der Waals surface area contributed by atoms with Crippen LogP contribution in [0.25, 0.3) is 0 Å². The molecule has 6 nitrogen and oxygen atoms in total. The lowest BCUT2D eigenvalue weighted by Crippen LogP contribution is -2.39. The lowest BCUT2D eigenvalue weighted by molar-refractivity contribution is -0.0245. The van der Waals surface area contributed by atoms with Crippen molar-refractivity contribution < 1.29 is 14.3 Å². The van der Waals surface area contributed by atoms with Crippen molar-refractivity contribution in [2.75, 3.05) is 11.9 Å².